The third-order valence-corrected chi connectivity index (χ3v) is 4.20. The van der Waals surface area contributed by atoms with Gasteiger partial charge in [-0.25, -0.2) is 0 Å². The number of aliphatic carboxylic acids is 1. The lowest BCUT2D eigenvalue weighted by Crippen LogP contribution is -2.41. The van der Waals surface area contributed by atoms with Crippen LogP contribution in [0.25, 0.3) is 0 Å². The fourth-order valence-corrected chi connectivity index (χ4v) is 2.50. The molecule has 3 atom stereocenters. The van der Waals surface area contributed by atoms with E-state index < -0.39 is 27.3 Å². The first-order valence-electron chi connectivity index (χ1n) is 5.35. The highest BCUT2D eigenvalue weighted by atomic mass is 32.2. The number of amides is 1. The van der Waals surface area contributed by atoms with Crippen LogP contribution in [0.2, 0.25) is 0 Å². The summed E-state index contributed by atoms with van der Waals surface area (Å²) in [5, 5.41) is 9.68. The van der Waals surface area contributed by atoms with E-state index in [1.807, 2.05) is 6.92 Å². The quantitative estimate of drug-likeness (QED) is 0.688. The molecule has 0 aliphatic carbocycles. The summed E-state index contributed by atoms with van der Waals surface area (Å²) in [6.45, 7) is 5.57. The molecule has 94 valence electrons. The maximum atomic E-state index is 11.8. The molecule has 2 N–H and O–H groups in total. The second kappa shape index (κ2) is 7.38. The van der Waals surface area contributed by atoms with Gasteiger partial charge in [0.05, 0.1) is 0 Å². The molecule has 0 saturated heterocycles. The van der Waals surface area contributed by atoms with Crippen molar-refractivity contribution in [2.75, 3.05) is 6.54 Å². The summed E-state index contributed by atoms with van der Waals surface area (Å²) in [6, 6.07) is 0. The summed E-state index contributed by atoms with van der Waals surface area (Å²) in [5.41, 5.74) is 0. The van der Waals surface area contributed by atoms with E-state index in [1.165, 1.54) is 6.92 Å². The predicted molar refractivity (Wildman–Crippen MR) is 62.6 cm³/mol. The summed E-state index contributed by atoms with van der Waals surface area (Å²) < 4.78 is 11.8. The first-order chi connectivity index (χ1) is 7.45. The summed E-state index contributed by atoms with van der Waals surface area (Å²) >= 11 is 0. The molecule has 1 amide bonds. The van der Waals surface area contributed by atoms with Gasteiger partial charge in [0.25, 0.3) is 0 Å². The molecule has 0 rings (SSSR count). The number of carboxylic acid groups (broad SMARTS) is 1. The van der Waals surface area contributed by atoms with E-state index in [-0.39, 0.29) is 12.3 Å². The van der Waals surface area contributed by atoms with Crippen molar-refractivity contribution in [1.82, 2.24) is 5.32 Å². The van der Waals surface area contributed by atoms with Gasteiger partial charge in [-0.3, -0.25) is 13.8 Å². The van der Waals surface area contributed by atoms with Crippen LogP contribution in [0.3, 0.4) is 0 Å². The summed E-state index contributed by atoms with van der Waals surface area (Å²) in [6.07, 6.45) is 1.05. The SMILES string of the molecule is CCCNC(=O)C(C)S(=O)C(CC)C(=O)O. The number of carbonyl (C=O) groups excluding carboxylic acids is 1. The zero-order chi connectivity index (χ0) is 12.7. The van der Waals surface area contributed by atoms with Crippen molar-refractivity contribution < 1.29 is 18.9 Å². The molecule has 0 aliphatic heterocycles. The lowest BCUT2D eigenvalue weighted by Gasteiger charge is -2.15. The van der Waals surface area contributed by atoms with Crippen molar-refractivity contribution in [3.63, 3.8) is 0 Å². The number of nitrogens with one attached hydrogen (secondary N) is 1. The first kappa shape index (κ1) is 15.1. The van der Waals surface area contributed by atoms with Crippen molar-refractivity contribution in [3.8, 4) is 0 Å². The summed E-state index contributed by atoms with van der Waals surface area (Å²) in [4.78, 5) is 22.3. The van der Waals surface area contributed by atoms with Crippen LogP contribution in [-0.2, 0) is 20.4 Å². The molecule has 3 unspecified atom stereocenters. The Hall–Kier alpha value is -0.910. The average Bonchev–Trinajstić information content (AvgIpc) is 2.24. The molecule has 16 heavy (non-hydrogen) atoms. The van der Waals surface area contributed by atoms with E-state index in [0.717, 1.165) is 6.42 Å². The molecule has 0 radical (unpaired) electrons. The van der Waals surface area contributed by atoms with E-state index >= 15 is 0 Å². The molecular weight excluding hydrogens is 230 g/mol. The zero-order valence-electron chi connectivity index (χ0n) is 9.86. The monoisotopic (exact) mass is 249 g/mol. The third kappa shape index (κ3) is 4.30. The number of carboxylic acids is 1. The van der Waals surface area contributed by atoms with Gasteiger partial charge < -0.3 is 10.4 Å². The van der Waals surface area contributed by atoms with E-state index in [0.29, 0.717) is 6.54 Å². The van der Waals surface area contributed by atoms with E-state index in [4.69, 9.17) is 5.11 Å². The van der Waals surface area contributed by atoms with Crippen LogP contribution in [-0.4, -0.2) is 38.2 Å². The van der Waals surface area contributed by atoms with Crippen LogP contribution in [0.5, 0.6) is 0 Å². The second-order valence-corrected chi connectivity index (χ2v) is 5.43. The molecule has 0 spiro atoms. The Kier molecular flexibility index (Phi) is 6.96. The molecule has 0 aromatic rings. The van der Waals surface area contributed by atoms with E-state index in [2.05, 4.69) is 5.32 Å². The minimum atomic E-state index is -1.68. The lowest BCUT2D eigenvalue weighted by atomic mass is 10.3. The normalized spacial score (nSPS) is 16.2. The third-order valence-electron chi connectivity index (χ3n) is 2.19. The largest absolute Gasteiger partial charge is 0.480 e. The molecular formula is C10H19NO4S. The van der Waals surface area contributed by atoms with Crippen LogP contribution >= 0.6 is 0 Å². The van der Waals surface area contributed by atoms with Gasteiger partial charge in [0.2, 0.25) is 5.91 Å². The minimum absolute atomic E-state index is 0.257. The Labute approximate surface area is 98.1 Å². The van der Waals surface area contributed by atoms with Crippen molar-refractivity contribution in [2.24, 2.45) is 0 Å². The predicted octanol–water partition coefficient (Wildman–Crippen LogP) is 0.513. The molecule has 0 saturated carbocycles. The van der Waals surface area contributed by atoms with Crippen molar-refractivity contribution in [3.05, 3.63) is 0 Å². The molecule has 0 aromatic carbocycles. The van der Waals surface area contributed by atoms with Gasteiger partial charge >= 0.3 is 5.97 Å². The van der Waals surface area contributed by atoms with Crippen molar-refractivity contribution in [2.45, 2.75) is 44.1 Å². The fraction of sp³-hybridized carbons (Fsp3) is 0.800. The number of rotatable bonds is 7. The number of carbonyl (C=O) groups is 2. The van der Waals surface area contributed by atoms with E-state index in [1.54, 1.807) is 6.92 Å². The van der Waals surface area contributed by atoms with Gasteiger partial charge in [-0.2, -0.15) is 0 Å². The van der Waals surface area contributed by atoms with Gasteiger partial charge in [0.15, 0.2) is 0 Å². The minimum Gasteiger partial charge on any atom is -0.480 e. The van der Waals surface area contributed by atoms with Crippen molar-refractivity contribution in [1.29, 1.82) is 0 Å². The van der Waals surface area contributed by atoms with Gasteiger partial charge in [-0.1, -0.05) is 13.8 Å². The molecule has 0 heterocycles. The molecule has 0 aliphatic rings. The number of hydrogen-bond donors (Lipinski definition) is 2. The van der Waals surface area contributed by atoms with Crippen LogP contribution in [0.4, 0.5) is 0 Å². The maximum Gasteiger partial charge on any atom is 0.319 e. The molecule has 0 aromatic heterocycles. The number of hydrogen-bond acceptors (Lipinski definition) is 3. The van der Waals surface area contributed by atoms with Crippen LogP contribution in [0, 0.1) is 0 Å². The standard InChI is InChI=1S/C10H19NO4S/c1-4-6-11-9(12)7(3)16(15)8(5-2)10(13)14/h7-8H,4-6H2,1-3H3,(H,11,12)(H,13,14). The van der Waals surface area contributed by atoms with Crippen molar-refractivity contribution >= 4 is 22.7 Å². The topological polar surface area (TPSA) is 83.5 Å². The highest BCUT2D eigenvalue weighted by Crippen LogP contribution is 2.08. The lowest BCUT2D eigenvalue weighted by molar-refractivity contribution is -0.136. The van der Waals surface area contributed by atoms with Gasteiger partial charge in [0, 0.05) is 17.3 Å². The zero-order valence-corrected chi connectivity index (χ0v) is 10.7. The van der Waals surface area contributed by atoms with Crippen LogP contribution in [0.15, 0.2) is 0 Å². The Morgan fingerprint density at radius 3 is 2.31 bits per heavy atom. The summed E-state index contributed by atoms with van der Waals surface area (Å²) in [5.74, 6) is -1.46. The Balaban J connectivity index is 4.46. The highest BCUT2D eigenvalue weighted by molar-refractivity contribution is 7.87. The smallest absolute Gasteiger partial charge is 0.319 e. The van der Waals surface area contributed by atoms with E-state index in [9.17, 15) is 13.8 Å². The Bertz CT molecular complexity index is 280. The molecule has 6 heteroatoms. The molecule has 0 fully saturated rings. The first-order valence-corrected chi connectivity index (χ1v) is 6.63. The van der Waals surface area contributed by atoms with Gasteiger partial charge in [0.1, 0.15) is 10.5 Å². The van der Waals surface area contributed by atoms with Gasteiger partial charge in [-0.15, -0.1) is 0 Å². The maximum absolute atomic E-state index is 11.8. The highest BCUT2D eigenvalue weighted by Gasteiger charge is 2.30. The average molecular weight is 249 g/mol. The second-order valence-electron chi connectivity index (χ2n) is 3.50. The fourth-order valence-electron chi connectivity index (χ4n) is 1.18. The molecule has 0 bridgehead atoms. The van der Waals surface area contributed by atoms with Crippen LogP contribution in [0.1, 0.15) is 33.6 Å². The van der Waals surface area contributed by atoms with Gasteiger partial charge in [-0.05, 0) is 19.8 Å². The molecule has 5 nitrogen and oxygen atoms in total. The Morgan fingerprint density at radius 2 is 1.94 bits per heavy atom. The van der Waals surface area contributed by atoms with Crippen LogP contribution < -0.4 is 5.32 Å². The Morgan fingerprint density at radius 1 is 1.38 bits per heavy atom. The summed E-state index contributed by atoms with van der Waals surface area (Å²) in [7, 11) is -1.68.